The van der Waals surface area contributed by atoms with Gasteiger partial charge < -0.3 is 14.8 Å². The molecule has 0 unspecified atom stereocenters. The predicted octanol–water partition coefficient (Wildman–Crippen LogP) is 5.12. The van der Waals surface area contributed by atoms with Crippen molar-refractivity contribution in [2.45, 2.75) is 71.3 Å². The van der Waals surface area contributed by atoms with Crippen molar-refractivity contribution in [1.29, 1.82) is 0 Å². The number of aromatic nitrogens is 2. The Morgan fingerprint density at radius 1 is 0.946 bits per heavy atom. The zero-order valence-electron chi connectivity index (χ0n) is 22.2. The molecule has 0 aliphatic heterocycles. The number of nitrogens with zero attached hydrogens (tertiary/aromatic N) is 2. The quantitative estimate of drug-likeness (QED) is 0.286. The molecule has 3 aromatic rings. The first-order valence-electron chi connectivity index (χ1n) is 12.8. The molecule has 8 heteroatoms. The molecule has 0 radical (unpaired) electrons. The molecule has 37 heavy (non-hydrogen) atoms. The van der Waals surface area contributed by atoms with Crippen LogP contribution in [0.1, 0.15) is 64.3 Å². The number of para-hydroxylation sites is 1. The minimum Gasteiger partial charge on any atom is -0.469 e. The lowest BCUT2D eigenvalue weighted by Crippen LogP contribution is -2.33. The number of amides is 1. The Morgan fingerprint density at radius 3 is 2.41 bits per heavy atom. The minimum absolute atomic E-state index is 0.100. The molecule has 8 nitrogen and oxygen atoms in total. The van der Waals surface area contributed by atoms with E-state index in [1.54, 1.807) is 4.57 Å². The second-order valence-electron chi connectivity index (χ2n) is 9.98. The molecule has 1 heterocycles. The SMILES string of the molecule is COC(=O)CCCCCc1cccc2nc(CCCNC(=O)OC(C)(C)C)n(-c3ccccc3)c(=O)c12. The standard InChI is InChI=1S/C29H37N3O5/c1-29(2,3)37-28(35)30-20-12-18-24-31-23-17-11-14-21(13-7-5-10-19-25(33)36-4)26(23)27(34)32(24)22-15-8-6-9-16-22/h6,8-9,11,14-17H,5,7,10,12-13,18-20H2,1-4H3,(H,30,35). The molecule has 0 spiro atoms. The Morgan fingerprint density at radius 2 is 1.70 bits per heavy atom. The highest BCUT2D eigenvalue weighted by Crippen LogP contribution is 2.20. The number of ether oxygens (including phenoxy) is 2. The van der Waals surface area contributed by atoms with Crippen LogP contribution in [-0.4, -0.2) is 40.9 Å². The van der Waals surface area contributed by atoms with Crippen molar-refractivity contribution >= 4 is 23.0 Å². The summed E-state index contributed by atoms with van der Waals surface area (Å²) in [7, 11) is 1.40. The van der Waals surface area contributed by atoms with Crippen molar-refractivity contribution in [1.82, 2.24) is 14.9 Å². The van der Waals surface area contributed by atoms with E-state index in [2.05, 4.69) is 5.32 Å². The molecular formula is C29H37N3O5. The van der Waals surface area contributed by atoms with E-state index in [-0.39, 0.29) is 11.5 Å². The molecule has 0 atom stereocenters. The zero-order chi connectivity index (χ0) is 26.8. The summed E-state index contributed by atoms with van der Waals surface area (Å²) in [5.74, 6) is 0.443. The second-order valence-corrected chi connectivity index (χ2v) is 9.98. The number of hydrogen-bond donors (Lipinski definition) is 1. The molecule has 1 amide bonds. The van der Waals surface area contributed by atoms with Gasteiger partial charge in [0, 0.05) is 19.4 Å². The van der Waals surface area contributed by atoms with Crippen LogP contribution in [0.25, 0.3) is 16.6 Å². The van der Waals surface area contributed by atoms with Gasteiger partial charge in [0.1, 0.15) is 11.4 Å². The fourth-order valence-corrected chi connectivity index (χ4v) is 4.18. The monoisotopic (exact) mass is 507 g/mol. The number of carbonyl (C=O) groups excluding carboxylic acids is 2. The molecule has 2 aromatic carbocycles. The van der Waals surface area contributed by atoms with Crippen molar-refractivity contribution in [3.8, 4) is 5.69 Å². The highest BCUT2D eigenvalue weighted by atomic mass is 16.6. The van der Waals surface area contributed by atoms with E-state index in [9.17, 15) is 14.4 Å². The summed E-state index contributed by atoms with van der Waals surface area (Å²) in [6, 6.07) is 15.3. The van der Waals surface area contributed by atoms with Crippen LogP contribution in [0, 0.1) is 0 Å². The van der Waals surface area contributed by atoms with E-state index in [0.29, 0.717) is 42.5 Å². The summed E-state index contributed by atoms with van der Waals surface area (Å²) in [5, 5.41) is 3.39. The number of hydrogen-bond acceptors (Lipinski definition) is 6. The van der Waals surface area contributed by atoms with Crippen molar-refractivity contribution in [3.63, 3.8) is 0 Å². The third kappa shape index (κ3) is 8.17. The van der Waals surface area contributed by atoms with Crippen LogP contribution in [0.3, 0.4) is 0 Å². The van der Waals surface area contributed by atoms with Gasteiger partial charge in [0.25, 0.3) is 5.56 Å². The van der Waals surface area contributed by atoms with Gasteiger partial charge in [0.15, 0.2) is 0 Å². The van der Waals surface area contributed by atoms with Gasteiger partial charge in [-0.15, -0.1) is 0 Å². The summed E-state index contributed by atoms with van der Waals surface area (Å²) >= 11 is 0. The van der Waals surface area contributed by atoms with Crippen LogP contribution in [0.4, 0.5) is 4.79 Å². The fraction of sp³-hybridized carbons (Fsp3) is 0.448. The number of esters is 1. The molecule has 0 saturated carbocycles. The first kappa shape index (κ1) is 27.9. The van der Waals surface area contributed by atoms with Gasteiger partial charge in [-0.05, 0) is 70.2 Å². The van der Waals surface area contributed by atoms with Crippen LogP contribution in [0.15, 0.2) is 53.3 Å². The summed E-state index contributed by atoms with van der Waals surface area (Å²) in [4.78, 5) is 42.1. The number of alkyl carbamates (subject to hydrolysis) is 1. The lowest BCUT2D eigenvalue weighted by atomic mass is 10.0. The first-order valence-corrected chi connectivity index (χ1v) is 12.8. The maximum absolute atomic E-state index is 13.9. The van der Waals surface area contributed by atoms with Gasteiger partial charge in [0.05, 0.1) is 23.7 Å². The average Bonchev–Trinajstić information content (AvgIpc) is 2.85. The lowest BCUT2D eigenvalue weighted by molar-refractivity contribution is -0.140. The van der Waals surface area contributed by atoms with E-state index in [1.807, 2.05) is 69.3 Å². The van der Waals surface area contributed by atoms with E-state index in [4.69, 9.17) is 14.5 Å². The van der Waals surface area contributed by atoms with Crippen molar-refractivity contribution in [3.05, 3.63) is 70.3 Å². The Labute approximate surface area is 218 Å². The summed E-state index contributed by atoms with van der Waals surface area (Å²) < 4.78 is 11.7. The summed E-state index contributed by atoms with van der Waals surface area (Å²) in [6.45, 7) is 5.87. The molecule has 0 bridgehead atoms. The molecular weight excluding hydrogens is 470 g/mol. The molecule has 1 aromatic heterocycles. The molecule has 0 fully saturated rings. The van der Waals surface area contributed by atoms with Crippen LogP contribution in [-0.2, 0) is 27.1 Å². The van der Waals surface area contributed by atoms with Crippen LogP contribution in [0.5, 0.6) is 0 Å². The number of carbonyl (C=O) groups is 2. The predicted molar refractivity (Wildman–Crippen MR) is 144 cm³/mol. The largest absolute Gasteiger partial charge is 0.469 e. The topological polar surface area (TPSA) is 99.5 Å². The highest BCUT2D eigenvalue weighted by molar-refractivity contribution is 5.81. The Hall–Kier alpha value is -3.68. The molecule has 1 N–H and O–H groups in total. The first-order chi connectivity index (χ1) is 17.7. The molecule has 3 rings (SSSR count). The van der Waals surface area contributed by atoms with E-state index >= 15 is 0 Å². The molecule has 0 aliphatic rings. The maximum Gasteiger partial charge on any atom is 0.407 e. The molecule has 198 valence electrons. The Balaban J connectivity index is 1.82. The van der Waals surface area contributed by atoms with Gasteiger partial charge in [-0.1, -0.05) is 36.8 Å². The number of nitrogens with one attached hydrogen (secondary N) is 1. The highest BCUT2D eigenvalue weighted by Gasteiger charge is 2.17. The van der Waals surface area contributed by atoms with Crippen LogP contribution < -0.4 is 10.9 Å². The van der Waals surface area contributed by atoms with E-state index in [0.717, 1.165) is 36.9 Å². The van der Waals surface area contributed by atoms with Crippen molar-refractivity contribution < 1.29 is 19.1 Å². The third-order valence-electron chi connectivity index (χ3n) is 5.87. The minimum atomic E-state index is -0.559. The van der Waals surface area contributed by atoms with Gasteiger partial charge in [-0.3, -0.25) is 14.2 Å². The Bertz CT molecular complexity index is 1260. The fourth-order valence-electron chi connectivity index (χ4n) is 4.18. The number of benzene rings is 2. The molecule has 0 saturated heterocycles. The zero-order valence-corrected chi connectivity index (χ0v) is 22.2. The smallest absolute Gasteiger partial charge is 0.407 e. The normalized spacial score (nSPS) is 11.4. The van der Waals surface area contributed by atoms with Gasteiger partial charge in [-0.25, -0.2) is 9.78 Å². The van der Waals surface area contributed by atoms with Gasteiger partial charge in [-0.2, -0.15) is 0 Å². The summed E-state index contributed by atoms with van der Waals surface area (Å²) in [6.07, 6.45) is 4.26. The number of aryl methyl sites for hydroxylation is 2. The average molecular weight is 508 g/mol. The van der Waals surface area contributed by atoms with Gasteiger partial charge >= 0.3 is 12.1 Å². The van der Waals surface area contributed by atoms with Crippen molar-refractivity contribution in [2.75, 3.05) is 13.7 Å². The number of fused-ring (bicyclic) bond motifs is 1. The maximum atomic E-state index is 13.9. The Kier molecular flexibility index (Phi) is 9.83. The van der Waals surface area contributed by atoms with Gasteiger partial charge in [0.2, 0.25) is 0 Å². The number of methoxy groups -OCH3 is 1. The van der Waals surface area contributed by atoms with Crippen LogP contribution in [0.2, 0.25) is 0 Å². The third-order valence-corrected chi connectivity index (χ3v) is 5.87. The van der Waals surface area contributed by atoms with E-state index < -0.39 is 11.7 Å². The van der Waals surface area contributed by atoms with Crippen molar-refractivity contribution in [2.24, 2.45) is 0 Å². The van der Waals surface area contributed by atoms with E-state index in [1.165, 1.54) is 7.11 Å². The molecule has 0 aliphatic carbocycles. The van der Waals surface area contributed by atoms with Crippen LogP contribution >= 0.6 is 0 Å². The lowest BCUT2D eigenvalue weighted by Gasteiger charge is -2.19. The number of rotatable bonds is 11. The number of unbranched alkanes of at least 4 members (excludes halogenated alkanes) is 2. The second kappa shape index (κ2) is 13.0. The summed E-state index contributed by atoms with van der Waals surface area (Å²) in [5.41, 5.74) is 1.72.